The van der Waals surface area contributed by atoms with Crippen LogP contribution in [0.15, 0.2) is 23.1 Å². The van der Waals surface area contributed by atoms with Gasteiger partial charge in [-0.3, -0.25) is 0 Å². The highest BCUT2D eigenvalue weighted by molar-refractivity contribution is 8.02. The highest BCUT2D eigenvalue weighted by Gasteiger charge is 2.32. The van der Waals surface area contributed by atoms with Crippen LogP contribution in [-0.4, -0.2) is 25.2 Å². The molecule has 1 aromatic carbocycles. The first kappa shape index (κ1) is 14.5. The molecule has 0 radical (unpaired) electrons. The molecular formula is C11H12F3NO2S2. The number of thioether (sulfide) groups is 1. The van der Waals surface area contributed by atoms with Crippen molar-refractivity contribution in [2.75, 3.05) is 17.2 Å². The summed E-state index contributed by atoms with van der Waals surface area (Å²) in [4.78, 5) is 0.495. The zero-order valence-corrected chi connectivity index (χ0v) is 11.4. The fourth-order valence-electron chi connectivity index (χ4n) is 1.87. The minimum atomic E-state index is -4.42. The number of alkyl halides is 3. The van der Waals surface area contributed by atoms with Crippen molar-refractivity contribution in [1.29, 1.82) is 0 Å². The monoisotopic (exact) mass is 311 g/mol. The molecule has 1 saturated heterocycles. The molecule has 2 rings (SSSR count). The average Bonchev–Trinajstić information content (AvgIpc) is 2.59. The van der Waals surface area contributed by atoms with E-state index in [1.807, 2.05) is 0 Å². The molecule has 2 N–H and O–H groups in total. The van der Waals surface area contributed by atoms with E-state index >= 15 is 0 Å². The highest BCUT2D eigenvalue weighted by atomic mass is 32.2. The van der Waals surface area contributed by atoms with Gasteiger partial charge in [-0.1, -0.05) is 0 Å². The SMILES string of the molecule is Nc1cc(C(F)(F)F)ccc1SC1CCS(=O)(=O)C1. The van der Waals surface area contributed by atoms with Gasteiger partial charge < -0.3 is 5.73 Å². The lowest BCUT2D eigenvalue weighted by molar-refractivity contribution is -0.137. The van der Waals surface area contributed by atoms with Crippen LogP contribution in [0.1, 0.15) is 12.0 Å². The number of rotatable bonds is 2. The average molecular weight is 311 g/mol. The van der Waals surface area contributed by atoms with Crippen LogP contribution in [0.4, 0.5) is 18.9 Å². The van der Waals surface area contributed by atoms with Crippen LogP contribution in [0.3, 0.4) is 0 Å². The van der Waals surface area contributed by atoms with Gasteiger partial charge in [-0.2, -0.15) is 13.2 Å². The molecule has 1 atom stereocenters. The number of sulfone groups is 1. The Bertz CT molecular complexity index is 584. The van der Waals surface area contributed by atoms with E-state index in [4.69, 9.17) is 5.73 Å². The van der Waals surface area contributed by atoms with Gasteiger partial charge in [-0.15, -0.1) is 11.8 Å². The molecule has 1 aliphatic rings. The Balaban J connectivity index is 2.15. The summed E-state index contributed by atoms with van der Waals surface area (Å²) in [5.41, 5.74) is 4.83. The first-order valence-corrected chi connectivity index (χ1v) is 8.21. The molecule has 1 fully saturated rings. The summed E-state index contributed by atoms with van der Waals surface area (Å²) < 4.78 is 60.0. The van der Waals surface area contributed by atoms with Crippen LogP contribution in [0, 0.1) is 0 Å². The van der Waals surface area contributed by atoms with E-state index < -0.39 is 21.6 Å². The quantitative estimate of drug-likeness (QED) is 0.853. The molecular weight excluding hydrogens is 299 g/mol. The third kappa shape index (κ3) is 3.56. The Kier molecular flexibility index (Phi) is 3.74. The molecule has 0 spiro atoms. The minimum Gasteiger partial charge on any atom is -0.398 e. The summed E-state index contributed by atoms with van der Waals surface area (Å²) in [6.07, 6.45) is -3.92. The van der Waals surface area contributed by atoms with Crippen molar-refractivity contribution in [3.05, 3.63) is 23.8 Å². The fraction of sp³-hybridized carbons (Fsp3) is 0.455. The van der Waals surface area contributed by atoms with Gasteiger partial charge in [0.1, 0.15) is 0 Å². The second-order valence-corrected chi connectivity index (χ2v) is 7.96. The van der Waals surface area contributed by atoms with Crippen LogP contribution in [0.2, 0.25) is 0 Å². The zero-order chi connectivity index (χ0) is 14.3. The summed E-state index contributed by atoms with van der Waals surface area (Å²) >= 11 is 1.23. The van der Waals surface area contributed by atoms with Crippen molar-refractivity contribution >= 4 is 27.3 Å². The van der Waals surface area contributed by atoms with Crippen molar-refractivity contribution in [2.45, 2.75) is 22.7 Å². The van der Waals surface area contributed by atoms with Crippen molar-refractivity contribution in [2.24, 2.45) is 0 Å². The summed E-state index contributed by atoms with van der Waals surface area (Å²) in [7, 11) is -3.00. The Hall–Kier alpha value is -0.890. The molecule has 106 valence electrons. The normalized spacial score (nSPS) is 22.6. The number of hydrogen-bond donors (Lipinski definition) is 1. The smallest absolute Gasteiger partial charge is 0.398 e. The summed E-state index contributed by atoms with van der Waals surface area (Å²) in [5.74, 6) is 0.184. The zero-order valence-electron chi connectivity index (χ0n) is 9.77. The number of anilines is 1. The number of halogens is 3. The predicted octanol–water partition coefficient (Wildman–Crippen LogP) is 2.57. The second kappa shape index (κ2) is 4.90. The van der Waals surface area contributed by atoms with Crippen LogP contribution < -0.4 is 5.73 Å². The van der Waals surface area contributed by atoms with Gasteiger partial charge >= 0.3 is 6.18 Å². The molecule has 8 heteroatoms. The largest absolute Gasteiger partial charge is 0.416 e. The maximum absolute atomic E-state index is 12.5. The van der Waals surface area contributed by atoms with Gasteiger partial charge in [-0.05, 0) is 24.6 Å². The lowest BCUT2D eigenvalue weighted by atomic mass is 10.2. The third-order valence-corrected chi connectivity index (χ3v) is 6.16. The van der Waals surface area contributed by atoms with Crippen molar-refractivity contribution in [1.82, 2.24) is 0 Å². The van der Waals surface area contributed by atoms with Crippen LogP contribution in [0.5, 0.6) is 0 Å². The van der Waals surface area contributed by atoms with Crippen LogP contribution >= 0.6 is 11.8 Å². The molecule has 3 nitrogen and oxygen atoms in total. The van der Waals surface area contributed by atoms with E-state index in [2.05, 4.69) is 0 Å². The van der Waals surface area contributed by atoms with E-state index in [1.54, 1.807) is 0 Å². The minimum absolute atomic E-state index is 0.0316. The number of hydrogen-bond acceptors (Lipinski definition) is 4. The first-order valence-electron chi connectivity index (χ1n) is 5.51. The molecule has 0 bridgehead atoms. The molecule has 0 aromatic heterocycles. The molecule has 0 amide bonds. The molecule has 1 unspecified atom stereocenters. The van der Waals surface area contributed by atoms with E-state index in [-0.39, 0.29) is 22.4 Å². The second-order valence-electron chi connectivity index (χ2n) is 4.39. The molecule has 0 saturated carbocycles. The van der Waals surface area contributed by atoms with E-state index in [0.717, 1.165) is 12.1 Å². The molecule has 1 aliphatic heterocycles. The molecule has 19 heavy (non-hydrogen) atoms. The molecule has 1 aromatic rings. The van der Waals surface area contributed by atoms with Crippen molar-refractivity contribution in [3.8, 4) is 0 Å². The lowest BCUT2D eigenvalue weighted by Gasteiger charge is -2.12. The van der Waals surface area contributed by atoms with Gasteiger partial charge in [0.2, 0.25) is 0 Å². The van der Waals surface area contributed by atoms with Crippen LogP contribution in [-0.2, 0) is 16.0 Å². The van der Waals surface area contributed by atoms with E-state index in [9.17, 15) is 21.6 Å². The van der Waals surface area contributed by atoms with Gasteiger partial charge in [0.05, 0.1) is 17.1 Å². The lowest BCUT2D eigenvalue weighted by Crippen LogP contribution is -2.08. The van der Waals surface area contributed by atoms with Crippen molar-refractivity contribution in [3.63, 3.8) is 0 Å². The highest BCUT2D eigenvalue weighted by Crippen LogP contribution is 2.37. The van der Waals surface area contributed by atoms with Crippen molar-refractivity contribution < 1.29 is 21.6 Å². The maximum atomic E-state index is 12.5. The Morgan fingerprint density at radius 1 is 1.32 bits per heavy atom. The number of nitrogens with two attached hydrogens (primary N) is 1. The standard InChI is InChI=1S/C11H12F3NO2S2/c12-11(13,14)7-1-2-10(9(15)5-7)18-8-3-4-19(16,17)6-8/h1-2,5,8H,3-4,6,15H2. The summed E-state index contributed by atoms with van der Waals surface area (Å²) in [6, 6.07) is 3.14. The topological polar surface area (TPSA) is 60.2 Å². The van der Waals surface area contributed by atoms with Gasteiger partial charge in [0.15, 0.2) is 9.84 Å². The first-order chi connectivity index (χ1) is 8.67. The Morgan fingerprint density at radius 3 is 2.47 bits per heavy atom. The van der Waals surface area contributed by atoms with E-state index in [0.29, 0.717) is 11.3 Å². The summed E-state index contributed by atoms with van der Waals surface area (Å²) in [6.45, 7) is 0. The van der Waals surface area contributed by atoms with Gasteiger partial charge in [0.25, 0.3) is 0 Å². The fourth-order valence-corrected chi connectivity index (χ4v) is 5.39. The Labute approximate surface area is 113 Å². The number of benzene rings is 1. The van der Waals surface area contributed by atoms with Gasteiger partial charge in [0, 0.05) is 15.8 Å². The van der Waals surface area contributed by atoms with E-state index in [1.165, 1.54) is 17.8 Å². The maximum Gasteiger partial charge on any atom is 0.416 e. The third-order valence-electron chi connectivity index (χ3n) is 2.82. The van der Waals surface area contributed by atoms with Crippen LogP contribution in [0.25, 0.3) is 0 Å². The molecule has 1 heterocycles. The van der Waals surface area contributed by atoms with Gasteiger partial charge in [-0.25, -0.2) is 8.42 Å². The summed E-state index contributed by atoms with van der Waals surface area (Å²) in [5, 5.41) is -0.135. The predicted molar refractivity (Wildman–Crippen MR) is 68.8 cm³/mol. The molecule has 0 aliphatic carbocycles. The number of nitrogen functional groups attached to an aromatic ring is 1. The Morgan fingerprint density at radius 2 is 2.00 bits per heavy atom.